The molecule has 0 aliphatic carbocycles. The van der Waals surface area contributed by atoms with Crippen molar-refractivity contribution < 1.29 is 30.8 Å². The van der Waals surface area contributed by atoms with Gasteiger partial charge in [-0.2, -0.15) is 17.9 Å². The first-order chi connectivity index (χ1) is 12.0. The van der Waals surface area contributed by atoms with Gasteiger partial charge in [-0.1, -0.05) is 12.1 Å². The minimum atomic E-state index is -4.70. The fourth-order valence-corrected chi connectivity index (χ4v) is 3.26. The Labute approximate surface area is 147 Å². The van der Waals surface area contributed by atoms with Crippen LogP contribution in [0.15, 0.2) is 53.4 Å². The lowest BCUT2D eigenvalue weighted by atomic mass is 10.2. The Morgan fingerprint density at radius 3 is 2.35 bits per heavy atom. The molecular weight excluding hydrogens is 376 g/mol. The van der Waals surface area contributed by atoms with Crippen LogP contribution in [0, 0.1) is 5.82 Å². The molecule has 0 saturated carbocycles. The zero-order valence-electron chi connectivity index (χ0n) is 13.3. The SMILES string of the molecule is CC(NS(=O)(=O)c1cccc(C(F)(F)F)c1)C(=O)Nc1cccc(F)c1. The maximum absolute atomic E-state index is 13.1. The standard InChI is InChI=1S/C16H14F4N2O3S/c1-10(15(23)21-13-6-3-5-12(17)9-13)22-26(24,25)14-7-2-4-11(8-14)16(18,19)20/h2-10,22H,1H3,(H,21,23). The molecule has 1 atom stereocenters. The summed E-state index contributed by atoms with van der Waals surface area (Å²) in [7, 11) is -4.37. The highest BCUT2D eigenvalue weighted by molar-refractivity contribution is 7.89. The third-order valence-corrected chi connectivity index (χ3v) is 4.83. The molecule has 0 fully saturated rings. The number of benzene rings is 2. The van der Waals surface area contributed by atoms with Crippen LogP contribution in [0.5, 0.6) is 0 Å². The Hall–Kier alpha value is -2.46. The van der Waals surface area contributed by atoms with Gasteiger partial charge in [0.05, 0.1) is 16.5 Å². The Morgan fingerprint density at radius 1 is 1.08 bits per heavy atom. The molecule has 0 aromatic heterocycles. The summed E-state index contributed by atoms with van der Waals surface area (Å²) in [6, 6.07) is 6.78. The van der Waals surface area contributed by atoms with Crippen LogP contribution in [0.2, 0.25) is 0 Å². The van der Waals surface area contributed by atoms with E-state index in [4.69, 9.17) is 0 Å². The van der Waals surface area contributed by atoms with Gasteiger partial charge in [0.2, 0.25) is 15.9 Å². The maximum atomic E-state index is 13.1. The zero-order chi connectivity index (χ0) is 19.5. The van der Waals surface area contributed by atoms with Gasteiger partial charge in [-0.3, -0.25) is 4.79 Å². The Kier molecular flexibility index (Phi) is 5.67. The highest BCUT2D eigenvalue weighted by Crippen LogP contribution is 2.30. The number of rotatable bonds is 5. The molecule has 1 amide bonds. The molecule has 5 nitrogen and oxygen atoms in total. The van der Waals surface area contributed by atoms with Crippen LogP contribution in [-0.2, 0) is 21.0 Å². The smallest absolute Gasteiger partial charge is 0.325 e. The number of carbonyl (C=O) groups is 1. The molecule has 2 rings (SSSR count). The fourth-order valence-electron chi connectivity index (χ4n) is 2.01. The molecular formula is C16H14F4N2O3S. The van der Waals surface area contributed by atoms with Gasteiger partial charge in [0, 0.05) is 5.69 Å². The molecule has 2 aromatic carbocycles. The predicted molar refractivity (Wildman–Crippen MR) is 86.3 cm³/mol. The van der Waals surface area contributed by atoms with Crippen LogP contribution in [-0.4, -0.2) is 20.4 Å². The van der Waals surface area contributed by atoms with Crippen LogP contribution in [0.1, 0.15) is 12.5 Å². The summed E-state index contributed by atoms with van der Waals surface area (Å²) in [6.45, 7) is 1.21. The number of anilines is 1. The zero-order valence-corrected chi connectivity index (χ0v) is 14.2. The van der Waals surface area contributed by atoms with Gasteiger partial charge < -0.3 is 5.32 Å². The molecule has 10 heteroatoms. The van der Waals surface area contributed by atoms with E-state index in [1.165, 1.54) is 19.1 Å². The number of halogens is 4. The number of hydrogen-bond acceptors (Lipinski definition) is 3. The van der Waals surface area contributed by atoms with Gasteiger partial charge in [0.1, 0.15) is 5.82 Å². The second-order valence-electron chi connectivity index (χ2n) is 5.37. The van der Waals surface area contributed by atoms with Crippen LogP contribution in [0.4, 0.5) is 23.2 Å². The fraction of sp³-hybridized carbons (Fsp3) is 0.188. The van der Waals surface area contributed by atoms with Crippen molar-refractivity contribution in [1.82, 2.24) is 4.72 Å². The van der Waals surface area contributed by atoms with Crippen LogP contribution in [0.25, 0.3) is 0 Å². The van der Waals surface area contributed by atoms with E-state index in [1.54, 1.807) is 0 Å². The van der Waals surface area contributed by atoms with Crippen LogP contribution >= 0.6 is 0 Å². The van der Waals surface area contributed by atoms with E-state index in [-0.39, 0.29) is 5.69 Å². The summed E-state index contributed by atoms with van der Waals surface area (Å²) in [4.78, 5) is 11.4. The van der Waals surface area contributed by atoms with Gasteiger partial charge in [0.15, 0.2) is 0 Å². The number of hydrogen-bond donors (Lipinski definition) is 2. The molecule has 0 spiro atoms. The van der Waals surface area contributed by atoms with E-state index >= 15 is 0 Å². The molecule has 2 aromatic rings. The highest BCUT2D eigenvalue weighted by Gasteiger charge is 2.32. The van der Waals surface area contributed by atoms with Crippen molar-refractivity contribution in [2.24, 2.45) is 0 Å². The Morgan fingerprint density at radius 2 is 1.73 bits per heavy atom. The summed E-state index contributed by atoms with van der Waals surface area (Å²) in [6.07, 6.45) is -4.70. The van der Waals surface area contributed by atoms with Gasteiger partial charge in [-0.05, 0) is 43.3 Å². The normalized spacial score (nSPS) is 13.3. The van der Waals surface area contributed by atoms with Gasteiger partial charge in [0.25, 0.3) is 0 Å². The molecule has 0 aliphatic heterocycles. The van der Waals surface area contributed by atoms with Crippen molar-refractivity contribution in [1.29, 1.82) is 0 Å². The Balaban J connectivity index is 2.14. The minimum Gasteiger partial charge on any atom is -0.325 e. The van der Waals surface area contributed by atoms with Crippen LogP contribution in [0.3, 0.4) is 0 Å². The molecule has 0 saturated heterocycles. The lowest BCUT2D eigenvalue weighted by molar-refractivity contribution is -0.137. The number of nitrogens with one attached hydrogen (secondary N) is 2. The molecule has 0 heterocycles. The number of alkyl halides is 3. The van der Waals surface area contributed by atoms with Crippen molar-refractivity contribution >= 4 is 21.6 Å². The molecule has 140 valence electrons. The lowest BCUT2D eigenvalue weighted by Crippen LogP contribution is -2.41. The summed E-state index contributed by atoms with van der Waals surface area (Å²) in [5.41, 5.74) is -1.02. The molecule has 0 aliphatic rings. The van der Waals surface area contributed by atoms with E-state index in [1.807, 2.05) is 4.72 Å². The van der Waals surface area contributed by atoms with Gasteiger partial charge >= 0.3 is 6.18 Å². The van der Waals surface area contributed by atoms with Gasteiger partial charge in [-0.15, -0.1) is 0 Å². The molecule has 0 bridgehead atoms. The average Bonchev–Trinajstić information content (AvgIpc) is 2.53. The molecule has 0 radical (unpaired) electrons. The van der Waals surface area contributed by atoms with E-state index in [2.05, 4.69) is 5.32 Å². The molecule has 2 N–H and O–H groups in total. The summed E-state index contributed by atoms with van der Waals surface area (Å²) < 4.78 is 77.6. The summed E-state index contributed by atoms with van der Waals surface area (Å²) >= 11 is 0. The molecule has 26 heavy (non-hydrogen) atoms. The minimum absolute atomic E-state index is 0.111. The van der Waals surface area contributed by atoms with E-state index in [9.17, 15) is 30.8 Å². The van der Waals surface area contributed by atoms with Crippen molar-refractivity contribution in [3.8, 4) is 0 Å². The second-order valence-corrected chi connectivity index (χ2v) is 7.08. The first-order valence-electron chi connectivity index (χ1n) is 7.25. The molecule has 1 unspecified atom stereocenters. The maximum Gasteiger partial charge on any atom is 0.416 e. The Bertz CT molecular complexity index is 914. The van der Waals surface area contributed by atoms with Crippen molar-refractivity contribution in [3.05, 3.63) is 59.9 Å². The van der Waals surface area contributed by atoms with Crippen molar-refractivity contribution in [2.75, 3.05) is 5.32 Å². The summed E-state index contributed by atoms with van der Waals surface area (Å²) in [5, 5.41) is 2.31. The number of amides is 1. The quantitative estimate of drug-likeness (QED) is 0.771. The third kappa shape index (κ3) is 5.02. The second kappa shape index (κ2) is 7.42. The predicted octanol–water partition coefficient (Wildman–Crippen LogP) is 3.15. The number of carbonyl (C=O) groups excluding carboxylic acids is 1. The first kappa shape index (κ1) is 19.9. The van der Waals surface area contributed by atoms with Crippen molar-refractivity contribution in [3.63, 3.8) is 0 Å². The monoisotopic (exact) mass is 390 g/mol. The lowest BCUT2D eigenvalue weighted by Gasteiger charge is -2.15. The first-order valence-corrected chi connectivity index (χ1v) is 8.73. The van der Waals surface area contributed by atoms with Crippen molar-refractivity contribution in [2.45, 2.75) is 24.0 Å². The largest absolute Gasteiger partial charge is 0.416 e. The van der Waals surface area contributed by atoms with Gasteiger partial charge in [-0.25, -0.2) is 12.8 Å². The van der Waals surface area contributed by atoms with E-state index in [0.717, 1.165) is 30.3 Å². The van der Waals surface area contributed by atoms with Crippen LogP contribution < -0.4 is 10.0 Å². The highest BCUT2D eigenvalue weighted by atomic mass is 32.2. The number of sulfonamides is 1. The average molecular weight is 390 g/mol. The third-order valence-electron chi connectivity index (χ3n) is 3.29. The van der Waals surface area contributed by atoms with E-state index in [0.29, 0.717) is 6.07 Å². The summed E-state index contributed by atoms with van der Waals surface area (Å²) in [5.74, 6) is -1.40. The topological polar surface area (TPSA) is 75.3 Å². The van der Waals surface area contributed by atoms with E-state index < -0.39 is 44.4 Å².